The lowest BCUT2D eigenvalue weighted by molar-refractivity contribution is -0.128. The highest BCUT2D eigenvalue weighted by atomic mass is 32.2. The first kappa shape index (κ1) is 20.3. The van der Waals surface area contributed by atoms with Crippen LogP contribution in [0.4, 0.5) is 5.82 Å². The van der Waals surface area contributed by atoms with Crippen LogP contribution in [0.2, 0.25) is 0 Å². The average molecular weight is 424 g/mol. The standard InChI is InChI=1S/C21H25N7OS/c1-16(2)17-3-5-18(6-4-17)28-15-24-25-21(28)30-14-20(29)27-11-9-26(10-12-27)19-13-22-7-8-23-19/h3-8,13,15-16H,9-12,14H2,1-2H3. The Labute approximate surface area is 180 Å². The second-order valence-electron chi connectivity index (χ2n) is 7.45. The van der Waals surface area contributed by atoms with Crippen LogP contribution >= 0.6 is 11.8 Å². The molecule has 0 N–H and O–H groups in total. The molecule has 1 saturated heterocycles. The Kier molecular flexibility index (Phi) is 6.27. The number of thioether (sulfide) groups is 1. The van der Waals surface area contributed by atoms with Gasteiger partial charge in [0.1, 0.15) is 12.1 Å². The number of hydrogen-bond donors (Lipinski definition) is 0. The Morgan fingerprint density at radius 3 is 2.53 bits per heavy atom. The number of hydrogen-bond acceptors (Lipinski definition) is 7. The molecule has 30 heavy (non-hydrogen) atoms. The van der Waals surface area contributed by atoms with Gasteiger partial charge in [0.25, 0.3) is 0 Å². The van der Waals surface area contributed by atoms with Gasteiger partial charge in [-0.2, -0.15) is 0 Å². The van der Waals surface area contributed by atoms with E-state index in [1.54, 1.807) is 24.9 Å². The van der Waals surface area contributed by atoms with Crippen molar-refractivity contribution in [1.29, 1.82) is 0 Å². The van der Waals surface area contributed by atoms with Gasteiger partial charge in [-0.05, 0) is 23.6 Å². The molecule has 9 heteroatoms. The maximum Gasteiger partial charge on any atom is 0.233 e. The lowest BCUT2D eigenvalue weighted by atomic mass is 10.0. The summed E-state index contributed by atoms with van der Waals surface area (Å²) < 4.78 is 1.92. The third-order valence-electron chi connectivity index (χ3n) is 5.19. The molecule has 0 atom stereocenters. The summed E-state index contributed by atoms with van der Waals surface area (Å²) in [6.07, 6.45) is 6.80. The molecule has 0 aliphatic carbocycles. The molecule has 4 rings (SSSR count). The SMILES string of the molecule is CC(C)c1ccc(-n2cnnc2SCC(=O)N2CCN(c3cnccn3)CC2)cc1. The van der Waals surface area contributed by atoms with Crippen molar-refractivity contribution < 1.29 is 4.79 Å². The summed E-state index contributed by atoms with van der Waals surface area (Å²) in [5.41, 5.74) is 2.29. The molecule has 2 aromatic heterocycles. The lowest BCUT2D eigenvalue weighted by Gasteiger charge is -2.35. The predicted octanol–water partition coefficient (Wildman–Crippen LogP) is 2.62. The van der Waals surface area contributed by atoms with Gasteiger partial charge in [0.05, 0.1) is 11.9 Å². The van der Waals surface area contributed by atoms with Crippen LogP contribution in [0.5, 0.6) is 0 Å². The molecule has 0 saturated carbocycles. The molecule has 0 radical (unpaired) electrons. The number of piperazine rings is 1. The van der Waals surface area contributed by atoms with Gasteiger partial charge < -0.3 is 9.80 Å². The van der Waals surface area contributed by atoms with Crippen molar-refractivity contribution in [2.45, 2.75) is 24.9 Å². The van der Waals surface area contributed by atoms with Gasteiger partial charge in [0.2, 0.25) is 5.91 Å². The molecule has 3 aromatic rings. The van der Waals surface area contributed by atoms with Crippen LogP contribution in [0, 0.1) is 0 Å². The van der Waals surface area contributed by atoms with Crippen molar-refractivity contribution in [3.05, 3.63) is 54.7 Å². The van der Waals surface area contributed by atoms with E-state index in [9.17, 15) is 4.79 Å². The van der Waals surface area contributed by atoms with Crippen molar-refractivity contribution in [3.8, 4) is 5.69 Å². The number of aromatic nitrogens is 5. The molecule has 1 amide bonds. The van der Waals surface area contributed by atoms with E-state index in [1.165, 1.54) is 17.3 Å². The minimum absolute atomic E-state index is 0.114. The second kappa shape index (κ2) is 9.25. The third kappa shape index (κ3) is 4.62. The van der Waals surface area contributed by atoms with Crippen molar-refractivity contribution in [1.82, 2.24) is 29.6 Å². The monoisotopic (exact) mass is 423 g/mol. The minimum Gasteiger partial charge on any atom is -0.352 e. The van der Waals surface area contributed by atoms with Crippen LogP contribution in [-0.4, -0.2) is 67.5 Å². The molecule has 8 nitrogen and oxygen atoms in total. The summed E-state index contributed by atoms with van der Waals surface area (Å²) in [5, 5.41) is 8.96. The molecular weight excluding hydrogens is 398 g/mol. The average Bonchev–Trinajstić information content (AvgIpc) is 3.27. The Balaban J connectivity index is 1.32. The van der Waals surface area contributed by atoms with E-state index in [0.29, 0.717) is 24.8 Å². The van der Waals surface area contributed by atoms with Crippen molar-refractivity contribution >= 4 is 23.5 Å². The first-order valence-electron chi connectivity index (χ1n) is 10.0. The fourth-order valence-corrected chi connectivity index (χ4v) is 4.21. The molecule has 1 aliphatic heterocycles. The van der Waals surface area contributed by atoms with Crippen molar-refractivity contribution in [2.24, 2.45) is 0 Å². The topological polar surface area (TPSA) is 80.0 Å². The van der Waals surface area contributed by atoms with E-state index in [4.69, 9.17) is 0 Å². The Morgan fingerprint density at radius 2 is 1.87 bits per heavy atom. The lowest BCUT2D eigenvalue weighted by Crippen LogP contribution is -2.49. The largest absolute Gasteiger partial charge is 0.352 e. The number of amides is 1. The maximum atomic E-state index is 12.7. The fraction of sp³-hybridized carbons (Fsp3) is 0.381. The second-order valence-corrected chi connectivity index (χ2v) is 8.39. The van der Waals surface area contributed by atoms with Crippen LogP contribution in [0.3, 0.4) is 0 Å². The number of carbonyl (C=O) groups excluding carboxylic acids is 1. The van der Waals surface area contributed by atoms with E-state index in [0.717, 1.165) is 29.8 Å². The molecule has 3 heterocycles. The highest BCUT2D eigenvalue weighted by Crippen LogP contribution is 2.22. The zero-order valence-electron chi connectivity index (χ0n) is 17.2. The van der Waals surface area contributed by atoms with Gasteiger partial charge in [-0.3, -0.25) is 14.3 Å². The van der Waals surface area contributed by atoms with Gasteiger partial charge in [0.15, 0.2) is 5.16 Å². The first-order chi connectivity index (χ1) is 14.6. The number of benzene rings is 1. The zero-order chi connectivity index (χ0) is 20.9. The van der Waals surface area contributed by atoms with Gasteiger partial charge in [-0.25, -0.2) is 4.98 Å². The molecule has 1 fully saturated rings. The summed E-state index contributed by atoms with van der Waals surface area (Å²) in [5.74, 6) is 1.80. The van der Waals surface area contributed by atoms with Gasteiger partial charge >= 0.3 is 0 Å². The zero-order valence-corrected chi connectivity index (χ0v) is 18.0. The summed E-state index contributed by atoms with van der Waals surface area (Å²) in [6.45, 7) is 7.22. The smallest absolute Gasteiger partial charge is 0.233 e. The fourth-order valence-electron chi connectivity index (χ4n) is 3.38. The van der Waals surface area contributed by atoms with Gasteiger partial charge in [-0.15, -0.1) is 10.2 Å². The summed E-state index contributed by atoms with van der Waals surface area (Å²) >= 11 is 1.42. The molecule has 0 spiro atoms. The van der Waals surface area contributed by atoms with E-state index in [2.05, 4.69) is 63.2 Å². The summed E-state index contributed by atoms with van der Waals surface area (Å²) in [4.78, 5) is 25.2. The Hall–Kier alpha value is -2.94. The van der Waals surface area contributed by atoms with Crippen molar-refractivity contribution in [3.63, 3.8) is 0 Å². The van der Waals surface area contributed by atoms with Crippen LogP contribution in [0.25, 0.3) is 5.69 Å². The molecule has 156 valence electrons. The van der Waals surface area contributed by atoms with Gasteiger partial charge in [-0.1, -0.05) is 37.7 Å². The van der Waals surface area contributed by atoms with Crippen LogP contribution in [0.1, 0.15) is 25.3 Å². The highest BCUT2D eigenvalue weighted by Gasteiger charge is 2.22. The molecule has 1 aromatic carbocycles. The van der Waals surface area contributed by atoms with Crippen LogP contribution in [0.15, 0.2) is 54.3 Å². The quantitative estimate of drug-likeness (QED) is 0.564. The molecular formula is C21H25N7OS. The normalized spacial score (nSPS) is 14.4. The molecule has 1 aliphatic rings. The van der Waals surface area contributed by atoms with E-state index < -0.39 is 0 Å². The third-order valence-corrected chi connectivity index (χ3v) is 6.11. The number of anilines is 1. The number of carbonyl (C=O) groups is 1. The van der Waals surface area contributed by atoms with E-state index in [1.807, 2.05) is 9.47 Å². The molecule has 0 bridgehead atoms. The summed E-state index contributed by atoms with van der Waals surface area (Å²) in [7, 11) is 0. The summed E-state index contributed by atoms with van der Waals surface area (Å²) in [6, 6.07) is 8.37. The van der Waals surface area contributed by atoms with Crippen molar-refractivity contribution in [2.75, 3.05) is 36.8 Å². The predicted molar refractivity (Wildman–Crippen MR) is 117 cm³/mol. The minimum atomic E-state index is 0.114. The highest BCUT2D eigenvalue weighted by molar-refractivity contribution is 7.99. The first-order valence-corrected chi connectivity index (χ1v) is 11.0. The number of nitrogens with zero attached hydrogens (tertiary/aromatic N) is 7. The molecule has 0 unspecified atom stereocenters. The van der Waals surface area contributed by atoms with E-state index in [-0.39, 0.29) is 5.91 Å². The Bertz CT molecular complexity index is 967. The van der Waals surface area contributed by atoms with E-state index >= 15 is 0 Å². The van der Waals surface area contributed by atoms with Crippen LogP contribution < -0.4 is 4.90 Å². The van der Waals surface area contributed by atoms with Gasteiger partial charge in [0, 0.05) is 44.3 Å². The maximum absolute atomic E-state index is 12.7. The number of rotatable bonds is 6. The van der Waals surface area contributed by atoms with Crippen LogP contribution in [-0.2, 0) is 4.79 Å². The Morgan fingerprint density at radius 1 is 1.10 bits per heavy atom.